The third kappa shape index (κ3) is 9.40. The number of amides is 4. The Bertz CT molecular complexity index is 2030. The molecule has 0 saturated heterocycles. The molecule has 2 aliphatic rings. The average Bonchev–Trinajstić information content (AvgIpc) is 3.67. The highest BCUT2D eigenvalue weighted by molar-refractivity contribution is 7.09. The van der Waals surface area contributed by atoms with Gasteiger partial charge in [0.25, 0.3) is 5.91 Å². The highest BCUT2D eigenvalue weighted by Gasteiger charge is 2.32. The van der Waals surface area contributed by atoms with Gasteiger partial charge in [0.1, 0.15) is 29.9 Å². The highest BCUT2D eigenvalue weighted by Crippen LogP contribution is 2.21. The smallest absolute Gasteiger partial charge is 0.326 e. The Hall–Kier alpha value is -6.01. The highest BCUT2D eigenvalue weighted by atomic mass is 32.1. The quantitative estimate of drug-likeness (QED) is 0.161. The lowest BCUT2D eigenvalue weighted by molar-refractivity contribution is -0.142. The molecule has 5 aromatic rings. The number of rotatable bonds is 7. The summed E-state index contributed by atoms with van der Waals surface area (Å²) in [6.45, 7) is -0.386. The van der Waals surface area contributed by atoms with Crippen molar-refractivity contribution >= 4 is 51.7 Å². The van der Waals surface area contributed by atoms with Crippen LogP contribution >= 0.6 is 11.3 Å². The second-order valence-electron chi connectivity index (χ2n) is 12.6. The normalized spacial score (nSPS) is 20.3. The van der Waals surface area contributed by atoms with Gasteiger partial charge in [0.15, 0.2) is 6.61 Å². The van der Waals surface area contributed by atoms with Crippen LogP contribution in [0.15, 0.2) is 115 Å². The summed E-state index contributed by atoms with van der Waals surface area (Å²) in [5.41, 5.74) is 2.12. The van der Waals surface area contributed by atoms with E-state index in [1.165, 1.54) is 11.3 Å². The lowest BCUT2D eigenvalue weighted by atomic mass is 9.97. The minimum Gasteiger partial charge on any atom is -0.484 e. The predicted octanol–water partition coefficient (Wildman–Crippen LogP) is 3.59. The molecule has 7 rings (SSSR count). The van der Waals surface area contributed by atoms with Gasteiger partial charge in [0.2, 0.25) is 17.7 Å². The van der Waals surface area contributed by atoms with Crippen LogP contribution in [0.2, 0.25) is 0 Å². The summed E-state index contributed by atoms with van der Waals surface area (Å²) in [5, 5.41) is 24.9. The molecular weight excluding hydrogens is 681 g/mol. The molecule has 0 aliphatic carbocycles. The Labute approximate surface area is 304 Å². The summed E-state index contributed by atoms with van der Waals surface area (Å²) in [5.74, 6) is -3.38. The monoisotopic (exact) mass is 718 g/mol. The lowest BCUT2D eigenvalue weighted by Gasteiger charge is -2.26. The van der Waals surface area contributed by atoms with E-state index in [0.717, 1.165) is 26.8 Å². The van der Waals surface area contributed by atoms with E-state index in [1.54, 1.807) is 48.5 Å². The topological polar surface area (TPSA) is 163 Å². The molecule has 0 radical (unpaired) electrons. The van der Waals surface area contributed by atoms with Crippen molar-refractivity contribution in [1.82, 2.24) is 21.3 Å². The number of aliphatic carboxylic acids is 1. The first-order valence-electron chi connectivity index (χ1n) is 16.9. The number of thiophene rings is 1. The first kappa shape index (κ1) is 35.8. The van der Waals surface area contributed by atoms with Crippen LogP contribution in [0.1, 0.15) is 21.6 Å². The van der Waals surface area contributed by atoms with Crippen molar-refractivity contribution in [3.8, 4) is 5.75 Å². The van der Waals surface area contributed by atoms with E-state index in [9.17, 15) is 29.1 Å². The zero-order chi connectivity index (χ0) is 36.5. The fraction of sp³-hybridized carbons (Fsp3) is 0.225. The number of carboxylic acid groups (broad SMARTS) is 1. The van der Waals surface area contributed by atoms with Gasteiger partial charge in [-0.15, -0.1) is 11.3 Å². The van der Waals surface area contributed by atoms with Gasteiger partial charge in [-0.25, -0.2) is 4.79 Å². The minimum absolute atomic E-state index is 0.0436. The summed E-state index contributed by atoms with van der Waals surface area (Å²) < 4.78 is 5.68. The fourth-order valence-electron chi connectivity index (χ4n) is 6.16. The first-order valence-corrected chi connectivity index (χ1v) is 17.8. The molecule has 11 nitrogen and oxygen atoms in total. The molecule has 0 spiro atoms. The summed E-state index contributed by atoms with van der Waals surface area (Å²) in [6.07, 6.45) is 0.246. The van der Waals surface area contributed by atoms with Crippen LogP contribution in [-0.4, -0.2) is 65.5 Å². The Morgan fingerprint density at radius 2 is 1.33 bits per heavy atom. The lowest BCUT2D eigenvalue weighted by Crippen LogP contribution is -2.59. The van der Waals surface area contributed by atoms with Gasteiger partial charge in [0.05, 0.1) is 0 Å². The fourth-order valence-corrected chi connectivity index (χ4v) is 6.91. The number of carbonyl (C=O) groups is 5. The van der Waals surface area contributed by atoms with Gasteiger partial charge >= 0.3 is 5.97 Å². The van der Waals surface area contributed by atoms with Crippen molar-refractivity contribution in [2.75, 3.05) is 6.61 Å². The Morgan fingerprint density at radius 3 is 2.04 bits per heavy atom. The van der Waals surface area contributed by atoms with E-state index in [0.29, 0.717) is 11.3 Å². The van der Waals surface area contributed by atoms with Gasteiger partial charge in [0, 0.05) is 30.6 Å². The molecule has 52 heavy (non-hydrogen) atoms. The maximum atomic E-state index is 14.3. The molecular formula is C40H38N4O7S. The molecule has 4 aromatic carbocycles. The van der Waals surface area contributed by atoms with E-state index >= 15 is 0 Å². The van der Waals surface area contributed by atoms with E-state index in [2.05, 4.69) is 21.3 Å². The van der Waals surface area contributed by atoms with Crippen molar-refractivity contribution in [3.05, 3.63) is 136 Å². The SMILES string of the molecule is O=C1COc2ccc(cc2)C[C@@H](C(=O)O)NC(=O)[C@H](Cc2ccccc2)NC(=O)[C@@H](Cc2cccc3ccccc23)NC(=O)[C@H](Cc2cccs2)N1. The van der Waals surface area contributed by atoms with Crippen LogP contribution in [-0.2, 0) is 49.7 Å². The molecule has 0 saturated carbocycles. The van der Waals surface area contributed by atoms with Gasteiger partial charge in [-0.05, 0) is 51.0 Å². The standard InChI is InChI=1S/C40H38N4O7S/c45-36-24-51-29-17-15-26(16-18-29)21-35(40(49)50)44-37(46)32(20-25-8-2-1-3-9-25)42-38(47)33(22-28-12-6-11-27-10-4-5-14-31(27)28)43-39(48)34(41-36)23-30-13-7-19-52-30/h1-19,32-35H,20-24H2,(H,41,45)(H,42,47)(H,43,48)(H,44,46)(H,49,50)/t32-,33+,34-,35-/m0/s1. The van der Waals surface area contributed by atoms with E-state index in [-0.39, 0.29) is 32.3 Å². The van der Waals surface area contributed by atoms with Crippen LogP contribution < -0.4 is 26.0 Å². The van der Waals surface area contributed by atoms with Crippen molar-refractivity contribution in [1.29, 1.82) is 0 Å². The number of fused-ring (bicyclic) bond motifs is 17. The molecule has 0 fully saturated rings. The minimum atomic E-state index is -1.31. The van der Waals surface area contributed by atoms with Gasteiger partial charge < -0.3 is 31.1 Å². The van der Waals surface area contributed by atoms with Gasteiger partial charge in [-0.2, -0.15) is 0 Å². The van der Waals surface area contributed by atoms with Crippen molar-refractivity contribution in [2.24, 2.45) is 0 Å². The number of carbonyl (C=O) groups excluding carboxylic acids is 4. The molecule has 1 aromatic heterocycles. The van der Waals surface area contributed by atoms with Crippen LogP contribution in [0.25, 0.3) is 10.8 Å². The molecule has 0 unspecified atom stereocenters. The summed E-state index contributed by atoms with van der Waals surface area (Å²) in [4.78, 5) is 68.7. The average molecular weight is 719 g/mol. The van der Waals surface area contributed by atoms with Crippen molar-refractivity contribution in [3.63, 3.8) is 0 Å². The molecule has 12 heteroatoms. The zero-order valence-corrected chi connectivity index (χ0v) is 28.9. The molecule has 5 N–H and O–H groups in total. The third-order valence-corrected chi connectivity index (χ3v) is 9.74. The molecule has 2 bridgehead atoms. The zero-order valence-electron chi connectivity index (χ0n) is 28.1. The molecule has 266 valence electrons. The molecule has 2 aliphatic heterocycles. The van der Waals surface area contributed by atoms with Crippen LogP contribution in [0.4, 0.5) is 0 Å². The van der Waals surface area contributed by atoms with E-state index in [1.807, 2.05) is 66.0 Å². The number of hydrogen-bond donors (Lipinski definition) is 5. The maximum Gasteiger partial charge on any atom is 0.326 e. The molecule has 4 amide bonds. The summed E-state index contributed by atoms with van der Waals surface area (Å²) in [6, 6.07) is 27.9. The first-order chi connectivity index (χ1) is 25.2. The van der Waals surface area contributed by atoms with Gasteiger partial charge in [-0.3, -0.25) is 19.2 Å². The predicted molar refractivity (Wildman–Crippen MR) is 197 cm³/mol. The number of carboxylic acids is 1. The summed E-state index contributed by atoms with van der Waals surface area (Å²) >= 11 is 1.43. The Kier molecular flexibility index (Phi) is 11.6. The molecule has 4 atom stereocenters. The maximum absolute atomic E-state index is 14.3. The van der Waals surface area contributed by atoms with Gasteiger partial charge in [-0.1, -0.05) is 91.0 Å². The van der Waals surface area contributed by atoms with Crippen LogP contribution in [0, 0.1) is 0 Å². The molecule has 3 heterocycles. The number of ether oxygens (including phenoxy) is 1. The van der Waals surface area contributed by atoms with Crippen molar-refractivity contribution in [2.45, 2.75) is 49.9 Å². The Morgan fingerprint density at radius 1 is 0.673 bits per heavy atom. The van der Waals surface area contributed by atoms with Crippen LogP contribution in [0.3, 0.4) is 0 Å². The second kappa shape index (κ2) is 16.8. The second-order valence-corrected chi connectivity index (χ2v) is 13.6. The number of hydrogen-bond acceptors (Lipinski definition) is 7. The van der Waals surface area contributed by atoms with Crippen LogP contribution in [0.5, 0.6) is 5.75 Å². The van der Waals surface area contributed by atoms with E-state index in [4.69, 9.17) is 4.74 Å². The number of nitrogens with one attached hydrogen (secondary N) is 4. The van der Waals surface area contributed by atoms with Crippen molar-refractivity contribution < 1.29 is 33.8 Å². The third-order valence-electron chi connectivity index (χ3n) is 8.84. The Balaban J connectivity index is 1.37. The summed E-state index contributed by atoms with van der Waals surface area (Å²) in [7, 11) is 0. The number of benzene rings is 4. The largest absolute Gasteiger partial charge is 0.484 e. The van der Waals surface area contributed by atoms with E-state index < -0.39 is 53.8 Å².